The number of carboxylic acids is 3. The molecule has 5 fully saturated rings. The first kappa shape index (κ1) is 86.2. The van der Waals surface area contributed by atoms with Crippen molar-refractivity contribution in [3.8, 4) is 0 Å². The van der Waals surface area contributed by atoms with Crippen LogP contribution in [0.15, 0.2) is 0 Å². The lowest BCUT2D eigenvalue weighted by Crippen LogP contribution is -2.65. The number of aliphatic carboxylic acids is 3. The quantitative estimate of drug-likeness (QED) is 0.0337. The summed E-state index contributed by atoms with van der Waals surface area (Å²) in [6.45, 7) is -2.39. The van der Waals surface area contributed by atoms with E-state index in [0.29, 0.717) is 0 Å². The maximum Gasteiger partial charge on any atom is 0.218 e. The molecule has 0 aromatic heterocycles. The van der Waals surface area contributed by atoms with Gasteiger partial charge in [0, 0.05) is 32.3 Å². The van der Waals surface area contributed by atoms with Crippen LogP contribution in [0.4, 0.5) is 0 Å². The van der Waals surface area contributed by atoms with Crippen molar-refractivity contribution in [1.29, 1.82) is 0 Å². The van der Waals surface area contributed by atoms with E-state index in [2.05, 4.69) is 29.3 Å². The number of rotatable bonds is 27. The Morgan fingerprint density at radius 3 is 1.38 bits per heavy atom. The molecule has 0 bridgehead atoms. The van der Waals surface area contributed by atoms with Crippen molar-refractivity contribution in [2.24, 2.45) is 0 Å². The molecule has 0 saturated carbocycles. The second-order valence-corrected chi connectivity index (χ2v) is 25.3. The molecule has 5 heterocycles. The summed E-state index contributed by atoms with van der Waals surface area (Å²) in [5.74, 6) is -5.56. The van der Waals surface area contributed by atoms with E-state index in [0.717, 1.165) is 14.0 Å². The van der Waals surface area contributed by atoms with Crippen LogP contribution in [0.1, 0.15) is 26.2 Å². The number of carbonyl (C=O) groups is 3. The summed E-state index contributed by atoms with van der Waals surface area (Å²) in [6, 6.07) is 0. The zero-order valence-electron chi connectivity index (χ0n) is 44.6. The fraction of sp³-hybridized carbons (Fsp3) is 0.909. The Hall–Kier alpha value is -2.79. The van der Waals surface area contributed by atoms with Gasteiger partial charge in [-0.15, -0.1) is 12.3 Å². The zero-order chi connectivity index (χ0) is 68.3. The summed E-state index contributed by atoms with van der Waals surface area (Å²) in [4.78, 5) is 33.8. The molecule has 0 spiro atoms. The molecule has 21 atom stereocenters. The summed E-state index contributed by atoms with van der Waals surface area (Å²) in [7, 11) is -36.4. The number of methoxy groups -OCH3 is 1. The predicted molar refractivity (Wildman–Crippen MR) is 249 cm³/mol. The highest BCUT2D eigenvalue weighted by molar-refractivity contribution is 7.88. The Morgan fingerprint density at radius 2 is 0.923 bits per heavy atom. The third-order valence-corrected chi connectivity index (χ3v) is 15.1. The van der Waals surface area contributed by atoms with Gasteiger partial charge in [-0.3, -0.25) is 29.3 Å². The van der Waals surface area contributed by atoms with Gasteiger partial charge in [-0.25, -0.2) is 58.9 Å². The molecule has 0 aromatic carbocycles. The van der Waals surface area contributed by atoms with Gasteiger partial charge in [-0.05, 0) is 6.92 Å². The Labute approximate surface area is 516 Å². The van der Waals surface area contributed by atoms with Crippen LogP contribution >= 0.6 is 12.3 Å². The Morgan fingerprint density at radius 1 is 0.495 bits per heavy atom. The lowest BCUT2D eigenvalue weighted by molar-refractivity contribution is -0.351. The van der Waals surface area contributed by atoms with Crippen molar-refractivity contribution >= 4 is 103 Å². The Kier molecular flexibility index (Phi) is 33.6. The minimum atomic E-state index is -5.59. The molecule has 91 heavy (non-hydrogen) atoms. The average Bonchev–Trinajstić information content (AvgIpc) is 0.802. The minimum Gasteiger partial charge on any atom is -0.776 e. The van der Waals surface area contributed by atoms with Crippen LogP contribution in [0.5, 0.6) is 0 Å². The van der Waals surface area contributed by atoms with Crippen LogP contribution in [0.25, 0.3) is 0 Å². The fourth-order valence-electron chi connectivity index (χ4n) is 8.28. The highest BCUT2D eigenvalue weighted by Gasteiger charge is 2.53. The monoisotopic (exact) mass is 1500 g/mol. The standard InChI is InChI=1S/C14H22O18S3.C12H20O17S2.C7H14O13S3.2H2O/c1-26-9-7(32-35(23,24)25)4-27-12(13(17)18)11(9)29-14-10(30-33-19)6(31-34(20,21)22)2-5(28-14)3-8(15)16;13-3-1-25-10(11(17)18)8(5(3)14)28-12-9(29-31(22,23)24)7(16)6(15)4(27-12)2-26-30(19,20)21;1-4-7(20-23(14,15)16)6(19-22(11,12)13)2-5(18-4)3-17-21(8,9)10;;/h5-7,9-12,14,19H,2-4H2,1H3,(H,15,16)(H,17,18)(H,20,21,22)(H,23,24,25);3-10,12-16H,1-2H2,(H,17,18)(H,19,20,21)(H,22,23,24);4-7H,2-3H2,1H3,(H,8,9,10)(H,11,12,13)(H,14,15,16);2*1H2/p-11. The molecule has 21 unspecified atom stereocenters. The fourth-order valence-corrected chi connectivity index (χ4v) is 11.7. The Bertz CT molecular complexity index is 3160. The first-order chi connectivity index (χ1) is 40.4. The van der Waals surface area contributed by atoms with Crippen molar-refractivity contribution in [2.75, 3.05) is 33.5 Å². The van der Waals surface area contributed by atoms with E-state index in [9.17, 15) is 145 Å². The van der Waals surface area contributed by atoms with Crippen LogP contribution < -0.4 is 15.3 Å². The number of hydrogen-bond acceptors (Lipinski definition) is 49. The number of aliphatic hydroxyl groups excluding tert-OH is 4. The van der Waals surface area contributed by atoms with E-state index in [1.165, 1.54) is 0 Å². The predicted octanol–water partition coefficient (Wildman–Crippen LogP) is -16.7. The highest BCUT2D eigenvalue weighted by Crippen LogP contribution is 2.35. The molecule has 5 aliphatic heterocycles. The SMILES string of the molecule is CC1OC(COS(=O)(=O)[O-])CC(OS(=O)(=O)[O-])C1OS(=O)(=O)[O-].COC1C(OS(=O)(=O)[O-])COC(C(=O)[O-])C1OC1OC(CC(=O)[O-])CC(OS(=O)(=O)[O-])C1OS[O-].O.O.O=C([O-])C1OCC(O)C(O)C1OC1OC(COS(=O)(=O)[O-])C(O)C(O)C1OS(=O)(=O)[O-]. The van der Waals surface area contributed by atoms with E-state index in [-0.39, 0.29) is 11.0 Å². The van der Waals surface area contributed by atoms with Gasteiger partial charge < -0.3 is 140 Å². The van der Waals surface area contributed by atoms with Gasteiger partial charge >= 0.3 is 0 Å². The molecule has 50 nitrogen and oxygen atoms in total. The van der Waals surface area contributed by atoms with E-state index in [1.807, 2.05) is 0 Å². The molecule has 5 rings (SSSR count). The molecule has 540 valence electrons. The van der Waals surface area contributed by atoms with Gasteiger partial charge in [-0.1, -0.05) is 0 Å². The van der Waals surface area contributed by atoms with Crippen molar-refractivity contribution in [3.63, 3.8) is 0 Å². The van der Waals surface area contributed by atoms with Crippen LogP contribution in [0.3, 0.4) is 0 Å². The maximum atomic E-state index is 11.6. The molecule has 8 N–H and O–H groups in total. The third-order valence-electron chi connectivity index (χ3n) is 11.6. The van der Waals surface area contributed by atoms with Crippen molar-refractivity contribution < 1.29 is 228 Å². The summed E-state index contributed by atoms with van der Waals surface area (Å²) in [5, 5.41) is 73.5. The summed E-state index contributed by atoms with van der Waals surface area (Å²) in [5.41, 5.74) is 0. The topological polar surface area (TPSA) is 835 Å². The molecule has 5 aliphatic rings. The molecule has 0 amide bonds. The zero-order valence-corrected chi connectivity index (χ0v) is 51.1. The summed E-state index contributed by atoms with van der Waals surface area (Å²) in [6.07, 6.45) is -41.8. The lowest BCUT2D eigenvalue weighted by atomic mass is 9.97. The van der Waals surface area contributed by atoms with E-state index in [4.69, 9.17) is 42.1 Å². The third kappa shape index (κ3) is 30.0. The second-order valence-electron chi connectivity index (χ2n) is 17.8. The van der Waals surface area contributed by atoms with E-state index in [1.54, 1.807) is 0 Å². The van der Waals surface area contributed by atoms with Gasteiger partial charge in [0.1, 0.15) is 91.6 Å². The molecule has 0 aromatic rings. The van der Waals surface area contributed by atoms with E-state index < -0.39 is 277 Å². The molecule has 5 saturated heterocycles. The second kappa shape index (κ2) is 35.5. The minimum absolute atomic E-state index is 0. The molecular weight excluding hydrogens is 1450 g/mol. The number of hydrogen-bond donors (Lipinski definition) is 4. The van der Waals surface area contributed by atoms with Crippen LogP contribution in [0.2, 0.25) is 0 Å². The van der Waals surface area contributed by atoms with Gasteiger partial charge in [0.05, 0.1) is 56.7 Å². The molecule has 0 aliphatic carbocycles. The first-order valence-electron chi connectivity index (χ1n) is 23.1. The molecule has 58 heteroatoms. The van der Waals surface area contributed by atoms with Crippen molar-refractivity contribution in [3.05, 3.63) is 0 Å². The number of ether oxygens (including phenoxy) is 8. The number of aliphatic hydroxyl groups is 4. The Balaban J connectivity index is 0.000000689. The van der Waals surface area contributed by atoms with Crippen molar-refractivity contribution in [2.45, 2.75) is 155 Å². The van der Waals surface area contributed by atoms with Crippen LogP contribution in [-0.4, -0.2) is 307 Å². The summed E-state index contributed by atoms with van der Waals surface area (Å²) < 4.78 is 311. The smallest absolute Gasteiger partial charge is 0.218 e. The lowest BCUT2D eigenvalue weighted by Gasteiger charge is -2.46. The van der Waals surface area contributed by atoms with E-state index >= 15 is 0 Å². The van der Waals surface area contributed by atoms with Gasteiger partial charge in [0.15, 0.2) is 18.7 Å². The van der Waals surface area contributed by atoms with Gasteiger partial charge in [0.2, 0.25) is 72.8 Å². The van der Waals surface area contributed by atoms with Crippen LogP contribution in [0, 0.1) is 0 Å². The molecular formula is C33H49O50S8-11. The van der Waals surface area contributed by atoms with Gasteiger partial charge in [0.25, 0.3) is 0 Å². The average molecular weight is 1500 g/mol. The van der Waals surface area contributed by atoms with Crippen molar-refractivity contribution in [1.82, 2.24) is 0 Å². The highest BCUT2D eigenvalue weighted by atomic mass is 32.3. The number of carboxylic acid groups (broad SMARTS) is 3. The number of carbonyl (C=O) groups excluding carboxylic acids is 3. The maximum absolute atomic E-state index is 11.6. The van der Waals surface area contributed by atoms with Gasteiger partial charge in [-0.2, -0.15) is 0 Å². The summed E-state index contributed by atoms with van der Waals surface area (Å²) >= 11 is -0.611. The normalized spacial score (nSPS) is 34.5. The molecule has 0 radical (unpaired) electrons. The first-order valence-corrected chi connectivity index (χ1v) is 33.1. The van der Waals surface area contributed by atoms with Crippen LogP contribution in [-0.2, 0) is 159 Å². The largest absolute Gasteiger partial charge is 0.776 e.